The minimum atomic E-state index is -0.923. The van der Waals surface area contributed by atoms with E-state index in [1.807, 2.05) is 0 Å². The predicted molar refractivity (Wildman–Crippen MR) is 86.5 cm³/mol. The van der Waals surface area contributed by atoms with Crippen molar-refractivity contribution in [3.05, 3.63) is 59.2 Å². The van der Waals surface area contributed by atoms with Gasteiger partial charge in [0.1, 0.15) is 18.2 Å². The van der Waals surface area contributed by atoms with Crippen LogP contribution in [0.15, 0.2) is 36.4 Å². The molecule has 0 aromatic heterocycles. The lowest BCUT2D eigenvalue weighted by Gasteiger charge is -2.07. The van der Waals surface area contributed by atoms with Crippen LogP contribution in [0, 0.1) is 11.6 Å². The zero-order chi connectivity index (χ0) is 19.4. The van der Waals surface area contributed by atoms with Gasteiger partial charge in [-0.15, -0.1) is 0 Å². The van der Waals surface area contributed by atoms with Gasteiger partial charge in [-0.2, -0.15) is 0 Å². The molecule has 2 aromatic carbocycles. The number of nitrogens with one attached hydrogen (secondary N) is 1. The number of hydrogen-bond donors (Lipinski definition) is 1. The first-order valence-corrected chi connectivity index (χ1v) is 7.76. The molecule has 7 nitrogen and oxygen atoms in total. The maximum atomic E-state index is 13.5. The van der Waals surface area contributed by atoms with Crippen LogP contribution in [0.5, 0.6) is 11.5 Å². The van der Waals surface area contributed by atoms with Gasteiger partial charge in [0.15, 0.2) is 18.1 Å². The SMILES string of the molecule is O=C(CNC(=O)c1ccc2c(c1)OCO2)OCC(=O)c1cc(F)ccc1F. The van der Waals surface area contributed by atoms with E-state index in [0.717, 1.165) is 12.1 Å². The number of ketones is 1. The summed E-state index contributed by atoms with van der Waals surface area (Å²) < 4.78 is 41.5. The Bertz CT molecular complexity index is 915. The number of amides is 1. The molecule has 0 bridgehead atoms. The number of ether oxygens (including phenoxy) is 3. The lowest BCUT2D eigenvalue weighted by molar-refractivity contribution is -0.141. The Morgan fingerprint density at radius 3 is 2.63 bits per heavy atom. The summed E-state index contributed by atoms with van der Waals surface area (Å²) in [6.07, 6.45) is 0. The molecular formula is C18H13F2NO6. The van der Waals surface area contributed by atoms with Crippen molar-refractivity contribution in [2.24, 2.45) is 0 Å². The van der Waals surface area contributed by atoms with Gasteiger partial charge in [-0.05, 0) is 36.4 Å². The third-order valence-electron chi connectivity index (χ3n) is 3.62. The van der Waals surface area contributed by atoms with Crippen molar-refractivity contribution in [3.8, 4) is 11.5 Å². The number of carbonyl (C=O) groups excluding carboxylic acids is 3. The van der Waals surface area contributed by atoms with Gasteiger partial charge in [-0.25, -0.2) is 8.78 Å². The van der Waals surface area contributed by atoms with Gasteiger partial charge in [0.05, 0.1) is 5.56 Å². The van der Waals surface area contributed by atoms with Gasteiger partial charge in [-0.3, -0.25) is 14.4 Å². The van der Waals surface area contributed by atoms with Crippen molar-refractivity contribution < 1.29 is 37.4 Å². The van der Waals surface area contributed by atoms with Gasteiger partial charge in [0.2, 0.25) is 12.6 Å². The zero-order valence-corrected chi connectivity index (χ0v) is 13.8. The van der Waals surface area contributed by atoms with Crippen molar-refractivity contribution in [2.45, 2.75) is 0 Å². The molecule has 0 unspecified atom stereocenters. The molecule has 140 valence electrons. The van der Waals surface area contributed by atoms with Crippen LogP contribution < -0.4 is 14.8 Å². The topological polar surface area (TPSA) is 90.9 Å². The Morgan fingerprint density at radius 1 is 1.04 bits per heavy atom. The number of esters is 1. The first kappa shape index (κ1) is 18.3. The molecular weight excluding hydrogens is 364 g/mol. The van der Waals surface area contributed by atoms with Crippen LogP contribution in [0.2, 0.25) is 0 Å². The minimum Gasteiger partial charge on any atom is -0.456 e. The van der Waals surface area contributed by atoms with E-state index in [2.05, 4.69) is 10.1 Å². The minimum absolute atomic E-state index is 0.0622. The van der Waals surface area contributed by atoms with E-state index in [1.54, 1.807) is 6.07 Å². The second kappa shape index (κ2) is 7.81. The standard InChI is InChI=1S/C18H13F2NO6/c19-11-2-3-13(20)12(6-11)14(22)8-25-17(23)7-21-18(24)10-1-4-15-16(5-10)27-9-26-15/h1-6H,7-9H2,(H,21,24). The Kier molecular flexibility index (Phi) is 5.30. The summed E-state index contributed by atoms with van der Waals surface area (Å²) in [4.78, 5) is 35.5. The smallest absolute Gasteiger partial charge is 0.325 e. The highest BCUT2D eigenvalue weighted by Crippen LogP contribution is 2.32. The Hall–Kier alpha value is -3.49. The normalized spacial score (nSPS) is 11.8. The van der Waals surface area contributed by atoms with Crippen molar-refractivity contribution >= 4 is 17.7 Å². The summed E-state index contributed by atoms with van der Waals surface area (Å²) in [6, 6.07) is 6.89. The van der Waals surface area contributed by atoms with E-state index in [9.17, 15) is 23.2 Å². The molecule has 1 N–H and O–H groups in total. The Labute approximate surface area is 151 Å². The average Bonchev–Trinajstić information content (AvgIpc) is 3.13. The van der Waals surface area contributed by atoms with Crippen molar-refractivity contribution in [1.82, 2.24) is 5.32 Å². The molecule has 9 heteroatoms. The number of hydrogen-bond acceptors (Lipinski definition) is 6. The highest BCUT2D eigenvalue weighted by molar-refractivity contribution is 5.99. The fourth-order valence-corrected chi connectivity index (χ4v) is 2.28. The first-order chi connectivity index (χ1) is 12.9. The second-order valence-electron chi connectivity index (χ2n) is 5.46. The largest absolute Gasteiger partial charge is 0.456 e. The van der Waals surface area contributed by atoms with Crippen molar-refractivity contribution in [1.29, 1.82) is 0 Å². The lowest BCUT2D eigenvalue weighted by Crippen LogP contribution is -2.31. The molecule has 1 aliphatic rings. The third-order valence-corrected chi connectivity index (χ3v) is 3.62. The molecule has 1 heterocycles. The molecule has 27 heavy (non-hydrogen) atoms. The highest BCUT2D eigenvalue weighted by Gasteiger charge is 2.18. The van der Waals surface area contributed by atoms with Gasteiger partial charge in [0.25, 0.3) is 5.91 Å². The number of benzene rings is 2. The summed E-state index contributed by atoms with van der Waals surface area (Å²) in [5.41, 5.74) is -0.280. The maximum absolute atomic E-state index is 13.5. The Balaban J connectivity index is 1.49. The maximum Gasteiger partial charge on any atom is 0.325 e. The molecule has 0 aliphatic carbocycles. The molecule has 0 saturated carbocycles. The highest BCUT2D eigenvalue weighted by atomic mass is 19.1. The van der Waals surface area contributed by atoms with Crippen molar-refractivity contribution in [3.63, 3.8) is 0 Å². The summed E-state index contributed by atoms with van der Waals surface area (Å²) >= 11 is 0. The van der Waals surface area contributed by atoms with E-state index in [-0.39, 0.29) is 12.4 Å². The van der Waals surface area contributed by atoms with Gasteiger partial charge >= 0.3 is 5.97 Å². The molecule has 1 amide bonds. The quantitative estimate of drug-likeness (QED) is 0.610. The Morgan fingerprint density at radius 2 is 1.81 bits per heavy atom. The third kappa shape index (κ3) is 4.38. The van der Waals surface area contributed by atoms with Crippen LogP contribution in [0.25, 0.3) is 0 Å². The number of fused-ring (bicyclic) bond motifs is 1. The monoisotopic (exact) mass is 377 g/mol. The van der Waals surface area contributed by atoms with Gasteiger partial charge in [-0.1, -0.05) is 0 Å². The van der Waals surface area contributed by atoms with E-state index in [4.69, 9.17) is 9.47 Å². The summed E-state index contributed by atoms with van der Waals surface area (Å²) in [6.45, 7) is -1.22. The van der Waals surface area contributed by atoms with Crippen LogP contribution in [0.3, 0.4) is 0 Å². The molecule has 0 fully saturated rings. The van der Waals surface area contributed by atoms with Crippen LogP contribution in [-0.2, 0) is 9.53 Å². The van der Waals surface area contributed by atoms with E-state index in [1.165, 1.54) is 12.1 Å². The van der Waals surface area contributed by atoms with E-state index in [0.29, 0.717) is 17.6 Å². The van der Waals surface area contributed by atoms with E-state index >= 15 is 0 Å². The summed E-state index contributed by atoms with van der Waals surface area (Å²) in [5.74, 6) is -3.16. The summed E-state index contributed by atoms with van der Waals surface area (Å²) in [7, 11) is 0. The molecule has 3 rings (SSSR count). The summed E-state index contributed by atoms with van der Waals surface area (Å²) in [5, 5.41) is 2.32. The van der Waals surface area contributed by atoms with Crippen molar-refractivity contribution in [2.75, 3.05) is 19.9 Å². The van der Waals surface area contributed by atoms with Crippen LogP contribution >= 0.6 is 0 Å². The van der Waals surface area contributed by atoms with Crippen LogP contribution in [0.1, 0.15) is 20.7 Å². The van der Waals surface area contributed by atoms with Crippen LogP contribution in [0.4, 0.5) is 8.78 Å². The fourth-order valence-electron chi connectivity index (χ4n) is 2.28. The lowest BCUT2D eigenvalue weighted by atomic mass is 10.1. The second-order valence-corrected chi connectivity index (χ2v) is 5.46. The molecule has 0 saturated heterocycles. The fraction of sp³-hybridized carbons (Fsp3) is 0.167. The van der Waals surface area contributed by atoms with Gasteiger partial charge < -0.3 is 19.5 Å². The van der Waals surface area contributed by atoms with E-state index < -0.39 is 48.0 Å². The molecule has 0 atom stereocenters. The molecule has 2 aromatic rings. The van der Waals surface area contributed by atoms with Crippen LogP contribution in [-0.4, -0.2) is 37.6 Å². The predicted octanol–water partition coefficient (Wildman–Crippen LogP) is 1.85. The molecule has 0 radical (unpaired) electrons. The average molecular weight is 377 g/mol. The zero-order valence-electron chi connectivity index (χ0n) is 13.8. The molecule has 0 spiro atoms. The van der Waals surface area contributed by atoms with Gasteiger partial charge in [0, 0.05) is 5.56 Å². The first-order valence-electron chi connectivity index (χ1n) is 7.76. The number of Topliss-reactive ketones (excluding diaryl/α,β-unsaturated/α-hetero) is 1. The number of halogens is 2. The number of carbonyl (C=O) groups is 3. The number of rotatable bonds is 6. The molecule has 1 aliphatic heterocycles.